The molecule has 0 aliphatic heterocycles. The van der Waals surface area contributed by atoms with Crippen molar-refractivity contribution in [3.63, 3.8) is 0 Å². The molecule has 0 aromatic heterocycles. The molecular formula is C20H30O. The Labute approximate surface area is 130 Å². The molecule has 0 N–H and O–H groups in total. The molecule has 2 fully saturated rings. The number of methoxy groups -OCH3 is 1. The van der Waals surface area contributed by atoms with Gasteiger partial charge in [0.15, 0.2) is 0 Å². The van der Waals surface area contributed by atoms with Crippen LogP contribution in [0.5, 0.6) is 0 Å². The number of hydrogen-bond donors (Lipinski definition) is 0. The molecule has 116 valence electrons. The van der Waals surface area contributed by atoms with Crippen LogP contribution >= 0.6 is 0 Å². The van der Waals surface area contributed by atoms with Gasteiger partial charge < -0.3 is 4.74 Å². The van der Waals surface area contributed by atoms with Crippen LogP contribution in [0, 0.1) is 11.8 Å². The molecule has 4 atom stereocenters. The van der Waals surface area contributed by atoms with Crippen molar-refractivity contribution in [2.75, 3.05) is 7.11 Å². The van der Waals surface area contributed by atoms with Crippen molar-refractivity contribution < 1.29 is 4.74 Å². The van der Waals surface area contributed by atoms with Gasteiger partial charge in [-0.2, -0.15) is 0 Å². The summed E-state index contributed by atoms with van der Waals surface area (Å²) in [6.07, 6.45) is 11.2. The molecule has 1 heteroatoms. The third kappa shape index (κ3) is 3.51. The summed E-state index contributed by atoms with van der Waals surface area (Å²) in [5, 5.41) is 0. The second kappa shape index (κ2) is 6.96. The summed E-state index contributed by atoms with van der Waals surface area (Å²) in [4.78, 5) is 0. The minimum Gasteiger partial charge on any atom is -0.381 e. The lowest BCUT2D eigenvalue weighted by Gasteiger charge is -2.42. The molecule has 0 heterocycles. The zero-order valence-corrected chi connectivity index (χ0v) is 13.7. The van der Waals surface area contributed by atoms with Crippen LogP contribution < -0.4 is 0 Å². The lowest BCUT2D eigenvalue weighted by atomic mass is 9.65. The Bertz CT molecular complexity index is 436. The van der Waals surface area contributed by atoms with Crippen molar-refractivity contribution in [1.82, 2.24) is 0 Å². The Hall–Kier alpha value is -0.820. The van der Waals surface area contributed by atoms with E-state index in [4.69, 9.17) is 4.74 Å². The normalized spacial score (nSPS) is 32.7. The highest BCUT2D eigenvalue weighted by atomic mass is 16.5. The Morgan fingerprint density at radius 2 is 1.67 bits per heavy atom. The highest BCUT2D eigenvalue weighted by Crippen LogP contribution is 2.46. The van der Waals surface area contributed by atoms with Crippen molar-refractivity contribution in [3.05, 3.63) is 35.4 Å². The minimum atomic E-state index is 0.538. The van der Waals surface area contributed by atoms with Crippen molar-refractivity contribution in [3.8, 4) is 0 Å². The van der Waals surface area contributed by atoms with Gasteiger partial charge >= 0.3 is 0 Å². The Balaban J connectivity index is 1.61. The monoisotopic (exact) mass is 286 g/mol. The molecule has 1 nitrogen and oxygen atoms in total. The molecule has 1 aromatic carbocycles. The zero-order valence-electron chi connectivity index (χ0n) is 13.7. The van der Waals surface area contributed by atoms with Crippen LogP contribution in [0.4, 0.5) is 0 Å². The number of fused-ring (bicyclic) bond motifs is 1. The number of ether oxygens (including phenoxy) is 1. The summed E-state index contributed by atoms with van der Waals surface area (Å²) in [6.45, 7) is 2.26. The number of aryl methyl sites for hydroxylation is 1. The fourth-order valence-corrected chi connectivity index (χ4v) is 4.61. The van der Waals surface area contributed by atoms with Gasteiger partial charge in [-0.3, -0.25) is 0 Å². The third-order valence-corrected chi connectivity index (χ3v) is 5.89. The minimum absolute atomic E-state index is 0.538. The second-order valence-electron chi connectivity index (χ2n) is 7.19. The van der Waals surface area contributed by atoms with E-state index in [2.05, 4.69) is 31.2 Å². The van der Waals surface area contributed by atoms with E-state index in [1.807, 2.05) is 7.11 Å². The van der Waals surface area contributed by atoms with Gasteiger partial charge in [-0.05, 0) is 73.8 Å². The first-order valence-electron chi connectivity index (χ1n) is 8.91. The topological polar surface area (TPSA) is 9.23 Å². The van der Waals surface area contributed by atoms with E-state index in [1.54, 1.807) is 5.56 Å². The summed E-state index contributed by atoms with van der Waals surface area (Å²) in [5.41, 5.74) is 3.08. The lowest BCUT2D eigenvalue weighted by molar-refractivity contribution is 0.0123. The van der Waals surface area contributed by atoms with E-state index >= 15 is 0 Å². The van der Waals surface area contributed by atoms with Gasteiger partial charge in [-0.25, -0.2) is 0 Å². The smallest absolute Gasteiger partial charge is 0.0574 e. The molecule has 1 aromatic rings. The third-order valence-electron chi connectivity index (χ3n) is 5.89. The number of hydrogen-bond acceptors (Lipinski definition) is 1. The molecule has 2 saturated carbocycles. The van der Waals surface area contributed by atoms with Gasteiger partial charge in [0, 0.05) is 7.11 Å². The Kier molecular flexibility index (Phi) is 5.00. The number of rotatable bonds is 4. The largest absolute Gasteiger partial charge is 0.381 e. The quantitative estimate of drug-likeness (QED) is 0.726. The lowest BCUT2D eigenvalue weighted by Crippen LogP contribution is -2.33. The summed E-state index contributed by atoms with van der Waals surface area (Å²) in [7, 11) is 1.88. The predicted octanol–water partition coefficient (Wildman–Crippen LogP) is 5.34. The first-order chi connectivity index (χ1) is 10.3. The van der Waals surface area contributed by atoms with Crippen LogP contribution in [0.15, 0.2) is 24.3 Å². The van der Waals surface area contributed by atoms with Crippen LogP contribution in [-0.2, 0) is 11.2 Å². The van der Waals surface area contributed by atoms with Crippen LogP contribution in [0.3, 0.4) is 0 Å². The molecule has 4 unspecified atom stereocenters. The van der Waals surface area contributed by atoms with Crippen LogP contribution in [-0.4, -0.2) is 13.2 Å². The van der Waals surface area contributed by atoms with E-state index < -0.39 is 0 Å². The molecule has 0 amide bonds. The van der Waals surface area contributed by atoms with E-state index in [9.17, 15) is 0 Å². The van der Waals surface area contributed by atoms with Crippen molar-refractivity contribution in [1.29, 1.82) is 0 Å². The SMILES string of the molecule is CCCc1ccc(C2CCC3CC(OC)CCC3C2)cc1. The van der Waals surface area contributed by atoms with E-state index in [-0.39, 0.29) is 0 Å². The molecule has 0 saturated heterocycles. The zero-order chi connectivity index (χ0) is 14.7. The van der Waals surface area contributed by atoms with Gasteiger partial charge in [-0.15, -0.1) is 0 Å². The van der Waals surface area contributed by atoms with Crippen LogP contribution in [0.2, 0.25) is 0 Å². The van der Waals surface area contributed by atoms with Gasteiger partial charge in [-0.1, -0.05) is 37.6 Å². The van der Waals surface area contributed by atoms with E-state index in [0.29, 0.717) is 6.10 Å². The van der Waals surface area contributed by atoms with Crippen LogP contribution in [0.25, 0.3) is 0 Å². The van der Waals surface area contributed by atoms with Gasteiger partial charge in [0.1, 0.15) is 0 Å². The van der Waals surface area contributed by atoms with E-state index in [0.717, 1.165) is 17.8 Å². The van der Waals surface area contributed by atoms with Crippen molar-refractivity contribution in [2.24, 2.45) is 11.8 Å². The first kappa shape index (κ1) is 15.1. The highest BCUT2D eigenvalue weighted by molar-refractivity contribution is 5.26. The average Bonchev–Trinajstić information content (AvgIpc) is 2.55. The van der Waals surface area contributed by atoms with Crippen molar-refractivity contribution in [2.45, 2.75) is 70.3 Å². The van der Waals surface area contributed by atoms with Crippen LogP contribution in [0.1, 0.15) is 68.9 Å². The molecule has 0 radical (unpaired) electrons. The first-order valence-corrected chi connectivity index (χ1v) is 8.91. The molecule has 2 aliphatic rings. The summed E-state index contributed by atoms with van der Waals surface area (Å²) in [6, 6.07) is 9.51. The maximum absolute atomic E-state index is 5.59. The number of benzene rings is 1. The summed E-state index contributed by atoms with van der Waals surface area (Å²) in [5.74, 6) is 2.69. The fraction of sp³-hybridized carbons (Fsp3) is 0.700. The van der Waals surface area contributed by atoms with Gasteiger partial charge in [0.25, 0.3) is 0 Å². The van der Waals surface area contributed by atoms with Gasteiger partial charge in [0.2, 0.25) is 0 Å². The maximum Gasteiger partial charge on any atom is 0.0574 e. The maximum atomic E-state index is 5.59. The van der Waals surface area contributed by atoms with E-state index in [1.165, 1.54) is 56.9 Å². The second-order valence-corrected chi connectivity index (χ2v) is 7.19. The Morgan fingerprint density at radius 1 is 0.952 bits per heavy atom. The fourth-order valence-electron chi connectivity index (χ4n) is 4.61. The van der Waals surface area contributed by atoms with Crippen molar-refractivity contribution >= 4 is 0 Å². The molecular weight excluding hydrogens is 256 g/mol. The van der Waals surface area contributed by atoms with Gasteiger partial charge in [0.05, 0.1) is 6.10 Å². The summed E-state index contributed by atoms with van der Waals surface area (Å²) < 4.78 is 5.59. The standard InChI is InChI=1S/C20H30O/c1-3-4-15-5-7-16(8-6-15)17-9-10-19-14-20(21-2)12-11-18(19)13-17/h5-8,17-20H,3-4,9-14H2,1-2H3. The molecule has 2 aliphatic carbocycles. The average molecular weight is 286 g/mol. The molecule has 21 heavy (non-hydrogen) atoms. The predicted molar refractivity (Wildman–Crippen MR) is 88.7 cm³/mol. The molecule has 3 rings (SSSR count). The Morgan fingerprint density at radius 3 is 2.38 bits per heavy atom. The molecule has 0 bridgehead atoms. The highest BCUT2D eigenvalue weighted by Gasteiger charge is 2.35. The molecule has 0 spiro atoms. The summed E-state index contributed by atoms with van der Waals surface area (Å²) >= 11 is 0.